The standard InChI is InChI=1S/C40H33Cl2N3O5/c1-21-8-12-25(13-9-21)43-45-37(48)31-20-29-27(15-16-28-34(29)38(49)44(36(28)47)26-14-10-22(2)32(42)19-26)35(30-18-24(41)11-17-33(30)46)40(31,39(45)50)23-6-4-3-5-7-23/h3-15,17-19,28-29,31,34-35,43,46H,16,20H2,1-2H3. The Morgan fingerprint density at radius 3 is 2.28 bits per heavy atom. The fourth-order valence-corrected chi connectivity index (χ4v) is 9.18. The number of benzene rings is 4. The summed E-state index contributed by atoms with van der Waals surface area (Å²) in [6.45, 7) is 3.79. The minimum absolute atomic E-state index is 0.0907. The van der Waals surface area contributed by atoms with Crippen LogP contribution in [-0.4, -0.2) is 33.7 Å². The summed E-state index contributed by atoms with van der Waals surface area (Å²) in [6, 6.07) is 26.3. The minimum atomic E-state index is -1.51. The largest absolute Gasteiger partial charge is 0.508 e. The van der Waals surface area contributed by atoms with E-state index < -0.39 is 46.8 Å². The fourth-order valence-electron chi connectivity index (χ4n) is 8.82. The number of carbonyl (C=O) groups is 4. The Kier molecular flexibility index (Phi) is 7.66. The van der Waals surface area contributed by atoms with Gasteiger partial charge in [-0.05, 0) is 86.2 Å². The van der Waals surface area contributed by atoms with Crippen LogP contribution in [0.4, 0.5) is 11.4 Å². The van der Waals surface area contributed by atoms with Crippen LogP contribution in [0.5, 0.6) is 5.75 Å². The summed E-state index contributed by atoms with van der Waals surface area (Å²) in [5.74, 6) is -5.60. The molecule has 4 aromatic rings. The molecule has 8 rings (SSSR count). The molecule has 2 aliphatic heterocycles. The number of rotatable bonds is 5. The number of phenols is 1. The van der Waals surface area contributed by atoms with E-state index in [0.29, 0.717) is 32.5 Å². The molecule has 4 aromatic carbocycles. The van der Waals surface area contributed by atoms with Crippen LogP contribution in [0.3, 0.4) is 0 Å². The zero-order chi connectivity index (χ0) is 35.1. The minimum Gasteiger partial charge on any atom is -0.508 e. The lowest BCUT2D eigenvalue weighted by Crippen LogP contribution is -2.53. The smallest absolute Gasteiger partial charge is 0.260 e. The highest BCUT2D eigenvalue weighted by atomic mass is 35.5. The second kappa shape index (κ2) is 11.9. The highest BCUT2D eigenvalue weighted by Gasteiger charge is 2.70. The lowest BCUT2D eigenvalue weighted by Gasteiger charge is -2.50. The monoisotopic (exact) mass is 705 g/mol. The summed E-state index contributed by atoms with van der Waals surface area (Å²) < 4.78 is 0. The van der Waals surface area contributed by atoms with Gasteiger partial charge in [-0.15, -0.1) is 0 Å². The van der Waals surface area contributed by atoms with Crippen LogP contribution in [0.2, 0.25) is 10.0 Å². The average molecular weight is 707 g/mol. The maximum Gasteiger partial charge on any atom is 0.260 e. The van der Waals surface area contributed by atoms with Gasteiger partial charge in [-0.25, -0.2) is 4.90 Å². The van der Waals surface area contributed by atoms with Gasteiger partial charge in [0.05, 0.1) is 34.5 Å². The third kappa shape index (κ3) is 4.65. The molecule has 0 aromatic heterocycles. The van der Waals surface area contributed by atoms with Crippen LogP contribution in [0.15, 0.2) is 103 Å². The van der Waals surface area contributed by atoms with Crippen molar-refractivity contribution >= 4 is 58.2 Å². The van der Waals surface area contributed by atoms with Crippen molar-refractivity contribution in [3.8, 4) is 5.75 Å². The van der Waals surface area contributed by atoms with Crippen molar-refractivity contribution in [1.29, 1.82) is 0 Å². The van der Waals surface area contributed by atoms with Gasteiger partial charge in [0.25, 0.3) is 11.8 Å². The van der Waals surface area contributed by atoms with Gasteiger partial charge in [0.1, 0.15) is 5.75 Å². The first-order valence-electron chi connectivity index (χ1n) is 16.6. The molecular formula is C40H33Cl2N3O5. The molecule has 50 heavy (non-hydrogen) atoms. The normalized spacial score (nSPS) is 27.2. The number of hydrogen-bond donors (Lipinski definition) is 2. The Morgan fingerprint density at radius 1 is 0.820 bits per heavy atom. The number of phenolic OH excluding ortho intramolecular Hbond substituents is 1. The average Bonchev–Trinajstić information content (AvgIpc) is 3.49. The highest BCUT2D eigenvalue weighted by molar-refractivity contribution is 6.32. The number of imide groups is 2. The summed E-state index contributed by atoms with van der Waals surface area (Å²) in [7, 11) is 0. The molecule has 3 fully saturated rings. The zero-order valence-corrected chi connectivity index (χ0v) is 28.8. The Bertz CT molecular complexity index is 2130. The van der Waals surface area contributed by atoms with Gasteiger partial charge in [-0.1, -0.05) is 88.9 Å². The third-order valence-electron chi connectivity index (χ3n) is 11.1. The van der Waals surface area contributed by atoms with E-state index in [9.17, 15) is 19.5 Å². The van der Waals surface area contributed by atoms with Crippen molar-refractivity contribution in [1.82, 2.24) is 5.01 Å². The number of nitrogens with zero attached hydrogens (tertiary/aromatic N) is 2. The predicted molar refractivity (Wildman–Crippen MR) is 191 cm³/mol. The predicted octanol–water partition coefficient (Wildman–Crippen LogP) is 7.51. The van der Waals surface area contributed by atoms with Gasteiger partial charge >= 0.3 is 0 Å². The number of anilines is 2. The summed E-state index contributed by atoms with van der Waals surface area (Å²) in [5.41, 5.74) is 6.06. The number of hydrogen-bond acceptors (Lipinski definition) is 6. The van der Waals surface area contributed by atoms with Gasteiger partial charge in [-0.3, -0.25) is 24.6 Å². The van der Waals surface area contributed by atoms with Crippen molar-refractivity contribution in [2.24, 2.45) is 23.7 Å². The lowest BCUT2D eigenvalue weighted by atomic mass is 9.49. The molecule has 6 atom stereocenters. The molecule has 4 amide bonds. The van der Waals surface area contributed by atoms with E-state index in [-0.39, 0.29) is 30.4 Å². The van der Waals surface area contributed by atoms with Gasteiger partial charge in [0, 0.05) is 21.5 Å². The Hall–Kier alpha value is -4.92. The number of hydrazine groups is 1. The first kappa shape index (κ1) is 32.3. The van der Waals surface area contributed by atoms with Gasteiger partial charge < -0.3 is 5.11 Å². The van der Waals surface area contributed by atoms with E-state index in [1.54, 1.807) is 42.5 Å². The SMILES string of the molecule is Cc1ccc(NN2C(=O)C3CC4C(=CCC5C(=O)N(c6ccc(C)c(Cl)c6)C(=O)C54)C(c4cc(Cl)ccc4O)C3(c3ccccc3)C2=O)cc1. The Labute approximate surface area is 299 Å². The van der Waals surface area contributed by atoms with Crippen molar-refractivity contribution in [2.45, 2.75) is 38.0 Å². The quantitative estimate of drug-likeness (QED) is 0.165. The van der Waals surface area contributed by atoms with Crippen molar-refractivity contribution in [3.63, 3.8) is 0 Å². The number of fused-ring (bicyclic) bond motifs is 4. The first-order valence-corrected chi connectivity index (χ1v) is 17.4. The van der Waals surface area contributed by atoms with E-state index in [0.717, 1.165) is 21.7 Å². The number of aryl methyl sites for hydroxylation is 2. The van der Waals surface area contributed by atoms with Crippen LogP contribution in [0.25, 0.3) is 0 Å². The van der Waals surface area contributed by atoms with Crippen LogP contribution >= 0.6 is 23.2 Å². The van der Waals surface area contributed by atoms with Crippen molar-refractivity contribution in [3.05, 3.63) is 135 Å². The number of carbonyl (C=O) groups excluding carboxylic acids is 4. The molecule has 2 heterocycles. The summed E-state index contributed by atoms with van der Waals surface area (Å²) in [6.07, 6.45) is 2.33. The Balaban J connectivity index is 1.32. The van der Waals surface area contributed by atoms with Crippen LogP contribution in [-0.2, 0) is 24.6 Å². The van der Waals surface area contributed by atoms with Crippen LogP contribution in [0, 0.1) is 37.5 Å². The molecule has 1 saturated carbocycles. The molecule has 0 radical (unpaired) electrons. The molecule has 2 N–H and O–H groups in total. The van der Waals surface area contributed by atoms with E-state index in [4.69, 9.17) is 23.2 Å². The molecular weight excluding hydrogens is 673 g/mol. The first-order chi connectivity index (χ1) is 24.0. The van der Waals surface area contributed by atoms with E-state index in [2.05, 4.69) is 5.43 Å². The van der Waals surface area contributed by atoms with Crippen molar-refractivity contribution in [2.75, 3.05) is 10.3 Å². The molecule has 10 heteroatoms. The second-order valence-electron chi connectivity index (χ2n) is 13.7. The van der Waals surface area contributed by atoms with E-state index >= 15 is 4.79 Å². The van der Waals surface area contributed by atoms with Crippen molar-refractivity contribution < 1.29 is 24.3 Å². The van der Waals surface area contributed by atoms with E-state index in [1.807, 2.05) is 62.4 Å². The Morgan fingerprint density at radius 2 is 1.56 bits per heavy atom. The second-order valence-corrected chi connectivity index (χ2v) is 14.6. The molecule has 0 spiro atoms. The molecule has 6 unspecified atom stereocenters. The van der Waals surface area contributed by atoms with Crippen LogP contribution < -0.4 is 10.3 Å². The number of allylic oxidation sites excluding steroid dienone is 2. The number of amides is 4. The molecule has 2 aliphatic carbocycles. The van der Waals surface area contributed by atoms with Gasteiger partial charge in [0.2, 0.25) is 11.8 Å². The summed E-state index contributed by atoms with van der Waals surface area (Å²) >= 11 is 13.0. The summed E-state index contributed by atoms with van der Waals surface area (Å²) in [5, 5.41) is 13.4. The maximum atomic E-state index is 15.2. The number of halogens is 2. The molecule has 4 aliphatic rings. The highest BCUT2D eigenvalue weighted by Crippen LogP contribution is 2.65. The third-order valence-corrected chi connectivity index (χ3v) is 11.7. The molecule has 252 valence electrons. The van der Waals surface area contributed by atoms with Gasteiger partial charge in [-0.2, -0.15) is 5.01 Å². The lowest BCUT2D eigenvalue weighted by molar-refractivity contribution is -0.138. The number of nitrogens with one attached hydrogen (secondary N) is 1. The molecule has 0 bridgehead atoms. The summed E-state index contributed by atoms with van der Waals surface area (Å²) in [4.78, 5) is 59.7. The zero-order valence-electron chi connectivity index (χ0n) is 27.3. The fraction of sp³-hybridized carbons (Fsp3) is 0.250. The van der Waals surface area contributed by atoms with Gasteiger partial charge in [0.15, 0.2) is 0 Å². The molecule has 8 nitrogen and oxygen atoms in total. The van der Waals surface area contributed by atoms with E-state index in [1.165, 1.54) is 11.0 Å². The topological polar surface area (TPSA) is 107 Å². The number of aromatic hydroxyl groups is 1. The van der Waals surface area contributed by atoms with Crippen LogP contribution in [0.1, 0.15) is 41.0 Å². The maximum absolute atomic E-state index is 15.2. The molecule has 2 saturated heterocycles.